The van der Waals surface area contributed by atoms with E-state index in [1.807, 2.05) is 18.2 Å². The molecule has 0 heterocycles. The van der Waals surface area contributed by atoms with Gasteiger partial charge >= 0.3 is 0 Å². The maximum absolute atomic E-state index is 13.0. The molecule has 1 aromatic carbocycles. The molecule has 2 saturated carbocycles. The van der Waals surface area contributed by atoms with Crippen LogP contribution in [0.15, 0.2) is 18.2 Å². The lowest BCUT2D eigenvalue weighted by Gasteiger charge is -2.44. The van der Waals surface area contributed by atoms with Gasteiger partial charge in [0.25, 0.3) is 0 Å². The van der Waals surface area contributed by atoms with Crippen molar-refractivity contribution in [2.75, 3.05) is 21.3 Å². The molecule has 2 unspecified atom stereocenters. The lowest BCUT2D eigenvalue weighted by atomic mass is 9.60. The van der Waals surface area contributed by atoms with Crippen molar-refractivity contribution < 1.29 is 19.0 Å². The first-order valence-electron chi connectivity index (χ1n) is 9.51. The van der Waals surface area contributed by atoms with Gasteiger partial charge in [0.15, 0.2) is 17.3 Å². The Morgan fingerprint density at radius 2 is 1.62 bits per heavy atom. The smallest absolute Gasteiger partial charge is 0.203 e. The van der Waals surface area contributed by atoms with Gasteiger partial charge in [-0.1, -0.05) is 32.3 Å². The number of fused-ring (bicyclic) bond motifs is 2. The topological polar surface area (TPSA) is 44.8 Å². The lowest BCUT2D eigenvalue weighted by Crippen LogP contribution is -2.38. The molecule has 0 N–H and O–H groups in total. The van der Waals surface area contributed by atoms with E-state index >= 15 is 0 Å². The zero-order valence-corrected chi connectivity index (χ0v) is 16.3. The Bertz CT molecular complexity index is 654. The van der Waals surface area contributed by atoms with Gasteiger partial charge in [0, 0.05) is 5.41 Å². The van der Waals surface area contributed by atoms with Crippen LogP contribution in [-0.4, -0.2) is 27.1 Å². The number of allylic oxidation sites excluding steroid dienone is 1. The van der Waals surface area contributed by atoms with Crippen molar-refractivity contribution in [1.29, 1.82) is 0 Å². The Morgan fingerprint density at radius 1 is 1.04 bits per heavy atom. The number of methoxy groups -OCH3 is 3. The Labute approximate surface area is 156 Å². The average molecular weight is 358 g/mol. The summed E-state index contributed by atoms with van der Waals surface area (Å²) in [6.07, 6.45) is 10.9. The Kier molecular flexibility index (Phi) is 5.59. The van der Waals surface area contributed by atoms with Crippen molar-refractivity contribution >= 4 is 11.9 Å². The molecule has 0 saturated heterocycles. The number of hydrogen-bond donors (Lipinski definition) is 0. The first kappa shape index (κ1) is 18.8. The predicted molar refractivity (Wildman–Crippen MR) is 103 cm³/mol. The van der Waals surface area contributed by atoms with Crippen molar-refractivity contribution in [2.24, 2.45) is 17.3 Å². The van der Waals surface area contributed by atoms with Gasteiger partial charge in [-0.3, -0.25) is 4.79 Å². The third-order valence-corrected chi connectivity index (χ3v) is 6.08. The van der Waals surface area contributed by atoms with Gasteiger partial charge in [-0.2, -0.15) is 0 Å². The lowest BCUT2D eigenvalue weighted by molar-refractivity contribution is -0.127. The van der Waals surface area contributed by atoms with Gasteiger partial charge in [0.1, 0.15) is 0 Å². The SMILES string of the molecule is COc1cc(/C=C/C(=O)C2(C)CC3CCCC(C3)C2)cc(OC)c1OC. The minimum Gasteiger partial charge on any atom is -0.493 e. The van der Waals surface area contributed by atoms with Gasteiger partial charge in [0.05, 0.1) is 21.3 Å². The van der Waals surface area contributed by atoms with E-state index in [4.69, 9.17) is 14.2 Å². The number of ether oxygens (including phenoxy) is 3. The van der Waals surface area contributed by atoms with E-state index in [1.54, 1.807) is 27.4 Å². The number of benzene rings is 1. The van der Waals surface area contributed by atoms with E-state index in [2.05, 4.69) is 6.92 Å². The first-order valence-corrected chi connectivity index (χ1v) is 9.51. The summed E-state index contributed by atoms with van der Waals surface area (Å²) in [5.74, 6) is 3.44. The van der Waals surface area contributed by atoms with Gasteiger partial charge in [-0.15, -0.1) is 0 Å². The number of carbonyl (C=O) groups is 1. The highest BCUT2D eigenvalue weighted by atomic mass is 16.5. The molecule has 4 heteroatoms. The van der Waals surface area contributed by atoms with Crippen LogP contribution in [0.3, 0.4) is 0 Å². The van der Waals surface area contributed by atoms with Crippen LogP contribution >= 0.6 is 0 Å². The van der Waals surface area contributed by atoms with Crippen LogP contribution in [0.4, 0.5) is 0 Å². The molecule has 2 atom stereocenters. The van der Waals surface area contributed by atoms with E-state index in [0.29, 0.717) is 17.2 Å². The zero-order valence-electron chi connectivity index (χ0n) is 16.3. The molecular weight excluding hydrogens is 328 g/mol. The van der Waals surface area contributed by atoms with Crippen molar-refractivity contribution in [1.82, 2.24) is 0 Å². The molecule has 4 nitrogen and oxygen atoms in total. The van der Waals surface area contributed by atoms with Gasteiger partial charge in [0.2, 0.25) is 5.75 Å². The van der Waals surface area contributed by atoms with Gasteiger partial charge < -0.3 is 14.2 Å². The molecule has 2 bridgehead atoms. The minimum atomic E-state index is -0.217. The van der Waals surface area contributed by atoms with E-state index in [-0.39, 0.29) is 11.2 Å². The van der Waals surface area contributed by atoms with Crippen molar-refractivity contribution in [3.63, 3.8) is 0 Å². The predicted octanol–water partition coefficient (Wildman–Crippen LogP) is 4.90. The molecule has 2 fully saturated rings. The van der Waals surface area contributed by atoms with Crippen LogP contribution in [-0.2, 0) is 4.79 Å². The number of hydrogen-bond acceptors (Lipinski definition) is 4. The van der Waals surface area contributed by atoms with Crippen LogP contribution < -0.4 is 14.2 Å². The zero-order chi connectivity index (χ0) is 18.7. The number of ketones is 1. The molecule has 26 heavy (non-hydrogen) atoms. The summed E-state index contributed by atoms with van der Waals surface area (Å²) in [5, 5.41) is 0. The third kappa shape index (κ3) is 3.74. The Morgan fingerprint density at radius 3 is 2.12 bits per heavy atom. The number of carbonyl (C=O) groups excluding carboxylic acids is 1. The van der Waals surface area contributed by atoms with Gasteiger partial charge in [-0.25, -0.2) is 0 Å². The maximum atomic E-state index is 13.0. The normalized spacial score (nSPS) is 28.0. The summed E-state index contributed by atoms with van der Waals surface area (Å²) in [7, 11) is 4.77. The second kappa shape index (κ2) is 7.73. The molecule has 0 amide bonds. The number of rotatable bonds is 6. The second-order valence-corrected chi connectivity index (χ2v) is 8.02. The van der Waals surface area contributed by atoms with E-state index in [0.717, 1.165) is 30.2 Å². The van der Waals surface area contributed by atoms with Crippen molar-refractivity contribution in [3.05, 3.63) is 23.8 Å². The van der Waals surface area contributed by atoms with Crippen molar-refractivity contribution in [2.45, 2.75) is 45.4 Å². The summed E-state index contributed by atoms with van der Waals surface area (Å²) in [4.78, 5) is 13.0. The largest absolute Gasteiger partial charge is 0.493 e. The molecule has 2 aliphatic carbocycles. The average Bonchev–Trinajstić information content (AvgIpc) is 2.64. The quantitative estimate of drug-likeness (QED) is 0.678. The maximum Gasteiger partial charge on any atom is 0.203 e. The van der Waals surface area contributed by atoms with E-state index in [1.165, 1.54) is 25.7 Å². The molecule has 142 valence electrons. The highest BCUT2D eigenvalue weighted by molar-refractivity contribution is 5.98. The summed E-state index contributed by atoms with van der Waals surface area (Å²) in [6.45, 7) is 2.15. The van der Waals surface area contributed by atoms with Crippen molar-refractivity contribution in [3.8, 4) is 17.2 Å². The molecule has 3 rings (SSSR count). The first-order chi connectivity index (χ1) is 12.5. The fourth-order valence-electron chi connectivity index (χ4n) is 4.90. The molecule has 0 aliphatic heterocycles. The Balaban J connectivity index is 1.79. The Hall–Kier alpha value is -1.97. The van der Waals surface area contributed by atoms with Crippen LogP contribution in [0.5, 0.6) is 17.2 Å². The fraction of sp³-hybridized carbons (Fsp3) is 0.591. The third-order valence-electron chi connectivity index (χ3n) is 6.08. The van der Waals surface area contributed by atoms with Crippen LogP contribution in [0.25, 0.3) is 6.08 Å². The molecule has 1 aromatic rings. The molecule has 0 radical (unpaired) electrons. The second-order valence-electron chi connectivity index (χ2n) is 8.02. The summed E-state index contributed by atoms with van der Waals surface area (Å²) in [6, 6.07) is 3.73. The fourth-order valence-corrected chi connectivity index (χ4v) is 4.90. The highest BCUT2D eigenvalue weighted by Crippen LogP contribution is 2.49. The van der Waals surface area contributed by atoms with E-state index < -0.39 is 0 Å². The van der Waals surface area contributed by atoms with Crippen LogP contribution in [0.2, 0.25) is 0 Å². The molecular formula is C22H30O4. The highest BCUT2D eigenvalue weighted by Gasteiger charge is 2.42. The standard InChI is InChI=1S/C22H30O4/c1-22(13-16-6-5-7-17(10-16)14-22)20(23)9-8-15-11-18(24-2)21(26-4)19(12-15)25-3/h8-9,11-12,16-17H,5-7,10,13-14H2,1-4H3/b9-8+. The molecule has 2 aliphatic rings. The van der Waals surface area contributed by atoms with Gasteiger partial charge in [-0.05, 0) is 54.9 Å². The summed E-state index contributed by atoms with van der Waals surface area (Å²) >= 11 is 0. The van der Waals surface area contributed by atoms with Crippen LogP contribution in [0, 0.1) is 17.3 Å². The minimum absolute atomic E-state index is 0.217. The van der Waals surface area contributed by atoms with E-state index in [9.17, 15) is 4.79 Å². The molecule has 0 spiro atoms. The summed E-state index contributed by atoms with van der Waals surface area (Å²) < 4.78 is 16.1. The molecule has 0 aromatic heterocycles. The monoisotopic (exact) mass is 358 g/mol. The van der Waals surface area contributed by atoms with Crippen LogP contribution in [0.1, 0.15) is 51.0 Å². The summed E-state index contributed by atoms with van der Waals surface area (Å²) in [5.41, 5.74) is 0.651.